The number of para-hydroxylation sites is 1. The van der Waals surface area contributed by atoms with Gasteiger partial charge in [0.25, 0.3) is 5.91 Å². The van der Waals surface area contributed by atoms with Gasteiger partial charge in [0.15, 0.2) is 0 Å². The maximum Gasteiger partial charge on any atom is 0.257 e. The molecule has 4 nitrogen and oxygen atoms in total. The highest BCUT2D eigenvalue weighted by Gasteiger charge is 2.21. The van der Waals surface area contributed by atoms with Gasteiger partial charge in [0.2, 0.25) is 0 Å². The number of amides is 1. The fourth-order valence-electron chi connectivity index (χ4n) is 5.09. The van der Waals surface area contributed by atoms with Gasteiger partial charge < -0.3 is 5.32 Å². The molecule has 0 aliphatic carbocycles. The van der Waals surface area contributed by atoms with Crippen molar-refractivity contribution < 1.29 is 4.79 Å². The monoisotopic (exact) mass is 543 g/mol. The van der Waals surface area contributed by atoms with Crippen LogP contribution in [0.4, 0.5) is 5.00 Å². The Kier molecular flexibility index (Phi) is 7.82. The molecule has 0 aliphatic heterocycles. The molecule has 0 fully saturated rings. The minimum Gasteiger partial charge on any atom is -0.312 e. The minimum atomic E-state index is -0.254. The first-order chi connectivity index (χ1) is 19.2. The van der Waals surface area contributed by atoms with Crippen molar-refractivity contribution in [2.45, 2.75) is 47.0 Å². The second kappa shape index (κ2) is 11.5. The van der Waals surface area contributed by atoms with Crippen LogP contribution >= 0.6 is 11.3 Å². The summed E-state index contributed by atoms with van der Waals surface area (Å²) in [4.78, 5) is 19.6. The Morgan fingerprint density at radius 3 is 2.27 bits per heavy atom. The molecule has 0 saturated heterocycles. The maximum atomic E-state index is 13.8. The van der Waals surface area contributed by atoms with Crippen molar-refractivity contribution in [3.63, 3.8) is 0 Å². The number of carbonyl (C=O) groups excluding carboxylic acids is 1. The Morgan fingerprint density at radius 1 is 0.950 bits per heavy atom. The molecule has 1 N–H and O–H groups in total. The van der Waals surface area contributed by atoms with Crippen molar-refractivity contribution in [3.8, 4) is 28.5 Å². The molecule has 0 aliphatic rings. The van der Waals surface area contributed by atoms with Gasteiger partial charge in [0.1, 0.15) is 11.1 Å². The van der Waals surface area contributed by atoms with Crippen molar-refractivity contribution in [2.75, 3.05) is 5.32 Å². The van der Waals surface area contributed by atoms with Gasteiger partial charge in [-0.3, -0.25) is 4.79 Å². The first-order valence-electron chi connectivity index (χ1n) is 13.7. The van der Waals surface area contributed by atoms with Gasteiger partial charge in [-0.2, -0.15) is 5.26 Å². The molecule has 2 heterocycles. The van der Waals surface area contributed by atoms with Crippen LogP contribution in [0.25, 0.3) is 33.3 Å². The first-order valence-corrected chi connectivity index (χ1v) is 14.5. The fraction of sp³-hybridized carbons (Fsp3) is 0.229. The summed E-state index contributed by atoms with van der Waals surface area (Å²) in [5.41, 5.74) is 7.87. The summed E-state index contributed by atoms with van der Waals surface area (Å²) in [5.74, 6) is 0.760. The van der Waals surface area contributed by atoms with Crippen molar-refractivity contribution in [2.24, 2.45) is 5.92 Å². The van der Waals surface area contributed by atoms with Crippen molar-refractivity contribution >= 4 is 33.1 Å². The SMILES string of the molecule is Cc1sc(NC(=O)c2cc(-c3ccc(CC(C)C)cc3)nc3ccccc23)c(C#N)c1-c1ccc(C(C)C)cc1. The predicted molar refractivity (Wildman–Crippen MR) is 167 cm³/mol. The van der Waals surface area contributed by atoms with E-state index in [1.165, 1.54) is 22.5 Å². The average molecular weight is 544 g/mol. The van der Waals surface area contributed by atoms with Gasteiger partial charge >= 0.3 is 0 Å². The third-order valence-electron chi connectivity index (χ3n) is 7.14. The number of aromatic nitrogens is 1. The summed E-state index contributed by atoms with van der Waals surface area (Å²) >= 11 is 1.44. The zero-order valence-corrected chi connectivity index (χ0v) is 24.4. The average Bonchev–Trinajstić information content (AvgIpc) is 3.26. The quantitative estimate of drug-likeness (QED) is 0.222. The van der Waals surface area contributed by atoms with Crippen LogP contribution in [0.2, 0.25) is 0 Å². The number of nitrogens with zero attached hydrogens (tertiary/aromatic N) is 2. The molecule has 0 bridgehead atoms. The van der Waals surface area contributed by atoms with Gasteiger partial charge in [-0.15, -0.1) is 11.3 Å². The van der Waals surface area contributed by atoms with Gasteiger partial charge in [0.05, 0.1) is 22.3 Å². The molecule has 0 spiro atoms. The molecule has 5 heteroatoms. The molecular formula is C35H33N3OS. The molecule has 0 atom stereocenters. The first kappa shape index (κ1) is 27.3. The number of hydrogen-bond donors (Lipinski definition) is 1. The Balaban J connectivity index is 1.51. The third kappa shape index (κ3) is 5.54. The third-order valence-corrected chi connectivity index (χ3v) is 8.16. The molecule has 1 amide bonds. The van der Waals surface area contributed by atoms with Gasteiger partial charge in [-0.05, 0) is 54.0 Å². The largest absolute Gasteiger partial charge is 0.312 e. The van der Waals surface area contributed by atoms with Crippen LogP contribution in [-0.4, -0.2) is 10.9 Å². The van der Waals surface area contributed by atoms with E-state index < -0.39 is 0 Å². The van der Waals surface area contributed by atoms with Crippen LogP contribution < -0.4 is 5.32 Å². The molecular weight excluding hydrogens is 510 g/mol. The number of rotatable bonds is 7. The van der Waals surface area contributed by atoms with Crippen LogP contribution in [0.15, 0.2) is 78.9 Å². The van der Waals surface area contributed by atoms with E-state index in [1.54, 1.807) is 0 Å². The van der Waals surface area contributed by atoms with Crippen LogP contribution in [0.3, 0.4) is 0 Å². The molecule has 3 aromatic carbocycles. The zero-order valence-electron chi connectivity index (χ0n) is 23.6. The summed E-state index contributed by atoms with van der Waals surface area (Å²) in [6.07, 6.45) is 1.02. The standard InChI is InChI=1S/C35H33N3OS/c1-21(2)18-24-10-12-26(13-11-24)32-19-29(28-8-6-7-9-31(28)37-32)34(39)38-35-30(20-36)33(23(5)40-35)27-16-14-25(15-17-27)22(3)4/h6-17,19,21-22H,18H2,1-5H3,(H,38,39). The summed E-state index contributed by atoms with van der Waals surface area (Å²) in [5, 5.41) is 14.5. The topological polar surface area (TPSA) is 65.8 Å². The van der Waals surface area contributed by atoms with E-state index in [-0.39, 0.29) is 5.91 Å². The highest BCUT2D eigenvalue weighted by molar-refractivity contribution is 7.17. The van der Waals surface area contributed by atoms with E-state index in [0.29, 0.717) is 28.0 Å². The molecule has 200 valence electrons. The minimum absolute atomic E-state index is 0.254. The number of pyridine rings is 1. The molecule has 0 saturated carbocycles. The highest BCUT2D eigenvalue weighted by Crippen LogP contribution is 2.40. The number of aryl methyl sites for hydroxylation is 1. The van der Waals surface area contributed by atoms with E-state index in [1.807, 2.05) is 37.3 Å². The Labute approximate surface area is 240 Å². The lowest BCUT2D eigenvalue weighted by atomic mass is 9.97. The van der Waals surface area contributed by atoms with Gasteiger partial charge in [-0.1, -0.05) is 94.4 Å². The number of anilines is 1. The van der Waals surface area contributed by atoms with E-state index >= 15 is 0 Å². The fourth-order valence-corrected chi connectivity index (χ4v) is 6.11. The zero-order chi connectivity index (χ0) is 28.4. The lowest BCUT2D eigenvalue weighted by Crippen LogP contribution is -2.13. The van der Waals surface area contributed by atoms with Crippen LogP contribution in [-0.2, 0) is 6.42 Å². The number of hydrogen-bond acceptors (Lipinski definition) is 4. The molecule has 2 aromatic heterocycles. The molecule has 0 unspecified atom stereocenters. The second-order valence-electron chi connectivity index (χ2n) is 10.9. The maximum absolute atomic E-state index is 13.8. The number of benzene rings is 3. The summed E-state index contributed by atoms with van der Waals surface area (Å²) < 4.78 is 0. The van der Waals surface area contributed by atoms with E-state index in [0.717, 1.165) is 44.6 Å². The summed E-state index contributed by atoms with van der Waals surface area (Å²) in [6, 6.07) is 28.6. The number of fused-ring (bicyclic) bond motifs is 1. The highest BCUT2D eigenvalue weighted by atomic mass is 32.1. The Hall–Kier alpha value is -4.27. The Morgan fingerprint density at radius 2 is 1.62 bits per heavy atom. The summed E-state index contributed by atoms with van der Waals surface area (Å²) in [7, 11) is 0. The lowest BCUT2D eigenvalue weighted by Gasteiger charge is -2.11. The summed E-state index contributed by atoms with van der Waals surface area (Å²) in [6.45, 7) is 10.7. The van der Waals surface area contributed by atoms with Crippen LogP contribution in [0.1, 0.15) is 65.5 Å². The van der Waals surface area contributed by atoms with Crippen molar-refractivity contribution in [3.05, 3.63) is 106 Å². The van der Waals surface area contributed by atoms with E-state index in [4.69, 9.17) is 4.98 Å². The molecule has 5 rings (SSSR count). The van der Waals surface area contributed by atoms with Gasteiger partial charge in [-0.25, -0.2) is 4.98 Å². The predicted octanol–water partition coefficient (Wildman–Crippen LogP) is 9.38. The smallest absolute Gasteiger partial charge is 0.257 e. The molecule has 40 heavy (non-hydrogen) atoms. The second-order valence-corrected chi connectivity index (χ2v) is 12.2. The number of carbonyl (C=O) groups is 1. The van der Waals surface area contributed by atoms with Crippen LogP contribution in [0, 0.1) is 24.2 Å². The lowest BCUT2D eigenvalue weighted by molar-refractivity contribution is 0.102. The van der Waals surface area contributed by atoms with Crippen molar-refractivity contribution in [1.29, 1.82) is 5.26 Å². The van der Waals surface area contributed by atoms with E-state index in [2.05, 4.69) is 87.6 Å². The van der Waals surface area contributed by atoms with E-state index in [9.17, 15) is 10.1 Å². The Bertz CT molecular complexity index is 1720. The molecule has 5 aromatic rings. The molecule has 0 radical (unpaired) electrons. The van der Waals surface area contributed by atoms with Crippen LogP contribution in [0.5, 0.6) is 0 Å². The van der Waals surface area contributed by atoms with Crippen molar-refractivity contribution in [1.82, 2.24) is 4.98 Å². The number of nitriles is 1. The number of thiophene rings is 1. The normalized spacial score (nSPS) is 11.2. The number of nitrogens with one attached hydrogen (secondary N) is 1. The van der Waals surface area contributed by atoms with Gasteiger partial charge in [0, 0.05) is 21.4 Å².